The first-order valence-corrected chi connectivity index (χ1v) is 4.45. The topological polar surface area (TPSA) is 48.4 Å². The molecule has 0 aliphatic heterocycles. The lowest BCUT2D eigenvalue weighted by atomic mass is 10.1. The first kappa shape index (κ1) is 15.1. The highest BCUT2D eigenvalue weighted by molar-refractivity contribution is 5.76. The van der Waals surface area contributed by atoms with Crippen molar-refractivity contribution in [2.45, 2.75) is 12.5 Å². The number of nitrogens with zero attached hydrogens (tertiary/aromatic N) is 1. The lowest BCUT2D eigenvalue weighted by Gasteiger charge is -2.17. The maximum absolute atomic E-state index is 12.6. The number of halogens is 6. The number of hydrogen-bond acceptors (Lipinski definition) is 4. The summed E-state index contributed by atoms with van der Waals surface area (Å²) in [4.78, 5) is 13.6. The predicted molar refractivity (Wildman–Crippen MR) is 47.9 cm³/mol. The van der Waals surface area contributed by atoms with Crippen LogP contribution in [-0.2, 0) is 6.18 Å². The van der Waals surface area contributed by atoms with Crippen molar-refractivity contribution in [2.75, 3.05) is 7.11 Å². The highest BCUT2D eigenvalue weighted by atomic mass is 19.4. The van der Waals surface area contributed by atoms with Crippen LogP contribution in [0.15, 0.2) is 6.07 Å². The highest BCUT2D eigenvalue weighted by Gasteiger charge is 2.42. The lowest BCUT2D eigenvalue weighted by molar-refractivity contribution is -0.276. The van der Waals surface area contributed by atoms with E-state index in [0.29, 0.717) is 6.07 Å². The summed E-state index contributed by atoms with van der Waals surface area (Å²) in [5, 5.41) is 0. The Hall–Kier alpha value is -2.00. The van der Waals surface area contributed by atoms with Gasteiger partial charge in [-0.2, -0.15) is 13.2 Å². The Labute approximate surface area is 101 Å². The molecule has 106 valence electrons. The molecule has 1 aromatic rings. The summed E-state index contributed by atoms with van der Waals surface area (Å²) in [6.07, 6.45) is -10.9. The van der Waals surface area contributed by atoms with Crippen LogP contribution >= 0.6 is 0 Å². The smallest absolute Gasteiger partial charge is 0.481 e. The van der Waals surface area contributed by atoms with Gasteiger partial charge in [-0.25, -0.2) is 4.98 Å². The van der Waals surface area contributed by atoms with Gasteiger partial charge in [0.1, 0.15) is 17.0 Å². The number of rotatable bonds is 3. The van der Waals surface area contributed by atoms with Crippen LogP contribution in [0.1, 0.15) is 16.1 Å². The van der Waals surface area contributed by atoms with Gasteiger partial charge >= 0.3 is 12.5 Å². The van der Waals surface area contributed by atoms with E-state index in [0.717, 1.165) is 7.11 Å². The van der Waals surface area contributed by atoms with Gasteiger partial charge in [0.2, 0.25) is 5.88 Å². The summed E-state index contributed by atoms with van der Waals surface area (Å²) in [5.41, 5.74) is -3.17. The molecule has 4 nitrogen and oxygen atoms in total. The second-order valence-electron chi connectivity index (χ2n) is 3.09. The molecule has 0 N–H and O–H groups in total. The maximum Gasteiger partial charge on any atom is 0.573 e. The Morgan fingerprint density at radius 1 is 1.21 bits per heavy atom. The number of alkyl halides is 6. The summed E-state index contributed by atoms with van der Waals surface area (Å²) in [5.74, 6) is -2.22. The Kier molecular flexibility index (Phi) is 3.91. The quantitative estimate of drug-likeness (QED) is 0.634. The van der Waals surface area contributed by atoms with Crippen LogP contribution in [0.2, 0.25) is 0 Å². The fraction of sp³-hybridized carbons (Fsp3) is 0.333. The number of carbonyl (C=O) groups is 1. The average molecular weight is 289 g/mol. The van der Waals surface area contributed by atoms with Crippen molar-refractivity contribution in [1.82, 2.24) is 4.98 Å². The van der Waals surface area contributed by atoms with E-state index in [1.54, 1.807) is 0 Å². The molecule has 0 unspecified atom stereocenters. The number of pyridine rings is 1. The number of hydrogen-bond donors (Lipinski definition) is 0. The zero-order valence-corrected chi connectivity index (χ0v) is 9.09. The van der Waals surface area contributed by atoms with Crippen molar-refractivity contribution in [1.29, 1.82) is 0 Å². The Morgan fingerprint density at radius 2 is 1.79 bits per heavy atom. The molecule has 0 saturated carbocycles. The van der Waals surface area contributed by atoms with Gasteiger partial charge in [-0.15, -0.1) is 13.2 Å². The number of carbonyl (C=O) groups excluding carboxylic acids is 1. The van der Waals surface area contributed by atoms with Gasteiger partial charge in [0, 0.05) is 6.07 Å². The summed E-state index contributed by atoms with van der Waals surface area (Å²) in [6, 6.07) is 0.295. The summed E-state index contributed by atoms with van der Waals surface area (Å²) < 4.78 is 81.6. The maximum atomic E-state index is 12.6. The summed E-state index contributed by atoms with van der Waals surface area (Å²) in [6.45, 7) is 0. The number of ether oxygens (including phenoxy) is 2. The molecule has 1 heterocycles. The molecule has 10 heteroatoms. The van der Waals surface area contributed by atoms with Gasteiger partial charge < -0.3 is 9.47 Å². The molecule has 0 atom stereocenters. The molecule has 0 aromatic carbocycles. The zero-order chi connectivity index (χ0) is 14.8. The fourth-order valence-corrected chi connectivity index (χ4v) is 1.20. The third-order valence-corrected chi connectivity index (χ3v) is 1.82. The molecule has 1 aromatic heterocycles. The molecule has 19 heavy (non-hydrogen) atoms. The Balaban J connectivity index is 3.51. The normalized spacial score (nSPS) is 12.2. The monoisotopic (exact) mass is 289 g/mol. The predicted octanol–water partition coefficient (Wildman–Crippen LogP) is 2.82. The van der Waals surface area contributed by atoms with Gasteiger partial charge in [-0.05, 0) is 0 Å². The van der Waals surface area contributed by atoms with Crippen molar-refractivity contribution in [2.24, 2.45) is 0 Å². The third kappa shape index (κ3) is 3.73. The van der Waals surface area contributed by atoms with Crippen molar-refractivity contribution in [3.63, 3.8) is 0 Å². The standard InChI is InChI=1S/C9H5F6NO3/c1-18-6-2-5(19-9(13,14)15)7(8(10,11)12)4(3-17)16-6/h2-3H,1H3. The molecular weight excluding hydrogens is 284 g/mol. The second kappa shape index (κ2) is 4.94. The minimum atomic E-state index is -5.35. The average Bonchev–Trinajstić information content (AvgIpc) is 2.23. The summed E-state index contributed by atoms with van der Waals surface area (Å²) in [7, 11) is 0.960. The van der Waals surface area contributed by atoms with Crippen LogP contribution in [0.4, 0.5) is 26.3 Å². The minimum absolute atomic E-state index is 0.295. The summed E-state index contributed by atoms with van der Waals surface area (Å²) >= 11 is 0. The van der Waals surface area contributed by atoms with E-state index in [2.05, 4.69) is 14.5 Å². The van der Waals surface area contributed by atoms with Crippen molar-refractivity contribution < 1.29 is 40.6 Å². The number of aromatic nitrogens is 1. The van der Waals surface area contributed by atoms with E-state index in [4.69, 9.17) is 0 Å². The molecule has 0 saturated heterocycles. The molecule has 0 aliphatic carbocycles. The van der Waals surface area contributed by atoms with Crippen molar-refractivity contribution in [3.05, 3.63) is 17.3 Å². The van der Waals surface area contributed by atoms with Gasteiger partial charge in [0.25, 0.3) is 0 Å². The highest BCUT2D eigenvalue weighted by Crippen LogP contribution is 2.41. The molecule has 0 spiro atoms. The SMILES string of the molecule is COc1cc(OC(F)(F)F)c(C(F)(F)F)c(C=O)n1. The molecule has 0 radical (unpaired) electrons. The fourth-order valence-electron chi connectivity index (χ4n) is 1.20. The van der Waals surface area contributed by atoms with E-state index in [-0.39, 0.29) is 6.29 Å². The van der Waals surface area contributed by atoms with Crippen LogP contribution < -0.4 is 9.47 Å². The number of methoxy groups -OCH3 is 1. The molecular formula is C9H5F6NO3. The minimum Gasteiger partial charge on any atom is -0.481 e. The lowest BCUT2D eigenvalue weighted by Crippen LogP contribution is -2.22. The number of aldehydes is 1. The van der Waals surface area contributed by atoms with E-state index in [1.807, 2.05) is 0 Å². The van der Waals surface area contributed by atoms with Gasteiger partial charge in [0.05, 0.1) is 7.11 Å². The van der Waals surface area contributed by atoms with Crippen LogP contribution in [0.5, 0.6) is 11.6 Å². The zero-order valence-electron chi connectivity index (χ0n) is 9.09. The van der Waals surface area contributed by atoms with E-state index in [9.17, 15) is 31.1 Å². The van der Waals surface area contributed by atoms with E-state index >= 15 is 0 Å². The first-order valence-electron chi connectivity index (χ1n) is 4.45. The molecule has 0 aliphatic rings. The van der Waals surface area contributed by atoms with Crippen LogP contribution in [0, 0.1) is 0 Å². The van der Waals surface area contributed by atoms with Gasteiger partial charge in [0.15, 0.2) is 6.29 Å². The van der Waals surface area contributed by atoms with Crippen LogP contribution in [-0.4, -0.2) is 24.7 Å². The van der Waals surface area contributed by atoms with E-state index in [1.165, 1.54) is 0 Å². The van der Waals surface area contributed by atoms with Gasteiger partial charge in [-0.3, -0.25) is 4.79 Å². The van der Waals surface area contributed by atoms with Crippen LogP contribution in [0.25, 0.3) is 0 Å². The largest absolute Gasteiger partial charge is 0.573 e. The van der Waals surface area contributed by atoms with Crippen LogP contribution in [0.3, 0.4) is 0 Å². The Morgan fingerprint density at radius 3 is 2.16 bits per heavy atom. The second-order valence-corrected chi connectivity index (χ2v) is 3.09. The van der Waals surface area contributed by atoms with Gasteiger partial charge in [-0.1, -0.05) is 0 Å². The third-order valence-electron chi connectivity index (χ3n) is 1.82. The molecule has 0 fully saturated rings. The van der Waals surface area contributed by atoms with E-state index < -0.39 is 35.4 Å². The molecule has 0 bridgehead atoms. The van der Waals surface area contributed by atoms with Crippen molar-refractivity contribution in [3.8, 4) is 11.6 Å². The molecule has 1 rings (SSSR count). The first-order chi connectivity index (χ1) is 8.58. The Bertz CT molecular complexity index is 482. The van der Waals surface area contributed by atoms with Crippen molar-refractivity contribution >= 4 is 6.29 Å². The molecule has 0 amide bonds.